The molecule has 27 heavy (non-hydrogen) atoms. The third-order valence-electron chi connectivity index (χ3n) is 5.05. The van der Waals surface area contributed by atoms with E-state index in [1.807, 2.05) is 24.3 Å². The summed E-state index contributed by atoms with van der Waals surface area (Å²) in [6, 6.07) is 7.81. The molecule has 1 aromatic carbocycles. The Hall–Kier alpha value is -0.180. The van der Waals surface area contributed by atoms with E-state index in [2.05, 4.69) is 6.92 Å². The van der Waals surface area contributed by atoms with Crippen LogP contribution in [0.15, 0.2) is 29.2 Å². The van der Waals surface area contributed by atoms with Crippen molar-refractivity contribution in [2.45, 2.75) is 115 Å². The molecule has 0 spiro atoms. The summed E-state index contributed by atoms with van der Waals surface area (Å²) in [5.74, 6) is 0. The van der Waals surface area contributed by atoms with Crippen LogP contribution in [-0.2, 0) is 4.18 Å². The molecule has 0 radical (unpaired) electrons. The SMILES string of the molecule is CCCCCCCCCCCCCCCCCCOSc1ccc(Cl)cc1. The first-order valence-corrected chi connectivity index (χ1v) is 12.5. The van der Waals surface area contributed by atoms with Crippen LogP contribution in [0.3, 0.4) is 0 Å². The molecule has 1 nitrogen and oxygen atoms in total. The summed E-state index contributed by atoms with van der Waals surface area (Å²) in [7, 11) is 0. The van der Waals surface area contributed by atoms with Crippen LogP contribution in [0.4, 0.5) is 0 Å². The molecule has 0 aliphatic carbocycles. The minimum absolute atomic E-state index is 0.775. The summed E-state index contributed by atoms with van der Waals surface area (Å²) < 4.78 is 5.65. The molecule has 0 amide bonds. The van der Waals surface area contributed by atoms with Crippen LogP contribution in [0.1, 0.15) is 110 Å². The van der Waals surface area contributed by atoms with Gasteiger partial charge in [0.1, 0.15) is 0 Å². The lowest BCUT2D eigenvalue weighted by Gasteiger charge is -2.04. The topological polar surface area (TPSA) is 9.23 Å². The van der Waals surface area contributed by atoms with Crippen LogP contribution < -0.4 is 0 Å². The van der Waals surface area contributed by atoms with Crippen LogP contribution in [0, 0.1) is 0 Å². The summed E-state index contributed by atoms with van der Waals surface area (Å²) in [5, 5.41) is 0.775. The van der Waals surface area contributed by atoms with E-state index in [0.717, 1.165) is 16.5 Å². The van der Waals surface area contributed by atoms with E-state index in [0.29, 0.717) is 0 Å². The van der Waals surface area contributed by atoms with Gasteiger partial charge in [-0.3, -0.25) is 0 Å². The van der Waals surface area contributed by atoms with Gasteiger partial charge in [0.15, 0.2) is 0 Å². The quantitative estimate of drug-likeness (QED) is 0.165. The number of halogens is 1. The zero-order valence-corrected chi connectivity index (χ0v) is 19.1. The van der Waals surface area contributed by atoms with Gasteiger partial charge in [-0.05, 0) is 30.7 Å². The van der Waals surface area contributed by atoms with E-state index < -0.39 is 0 Å². The Labute approximate surface area is 178 Å². The molecule has 0 atom stereocenters. The predicted octanol–water partition coefficient (Wildman–Crippen LogP) is 9.63. The third kappa shape index (κ3) is 16.5. The molecule has 1 aromatic rings. The number of rotatable bonds is 19. The monoisotopic (exact) mass is 412 g/mol. The fraction of sp³-hybridized carbons (Fsp3) is 0.750. The summed E-state index contributed by atoms with van der Waals surface area (Å²) in [6.07, 6.45) is 22.5. The van der Waals surface area contributed by atoms with Gasteiger partial charge in [0, 0.05) is 22.0 Å². The van der Waals surface area contributed by atoms with E-state index in [1.165, 1.54) is 115 Å². The first kappa shape index (κ1) is 24.9. The van der Waals surface area contributed by atoms with E-state index in [4.69, 9.17) is 15.8 Å². The van der Waals surface area contributed by atoms with Crippen LogP contribution in [-0.4, -0.2) is 6.61 Å². The lowest BCUT2D eigenvalue weighted by Crippen LogP contribution is -1.88. The van der Waals surface area contributed by atoms with Crippen molar-refractivity contribution in [2.75, 3.05) is 6.61 Å². The minimum Gasteiger partial charge on any atom is -0.310 e. The number of benzene rings is 1. The Bertz CT molecular complexity index is 421. The second-order valence-corrected chi connectivity index (χ2v) is 8.97. The molecule has 0 saturated carbocycles. The van der Waals surface area contributed by atoms with Crippen molar-refractivity contribution in [1.82, 2.24) is 0 Å². The van der Waals surface area contributed by atoms with Gasteiger partial charge in [0.2, 0.25) is 0 Å². The van der Waals surface area contributed by atoms with Gasteiger partial charge < -0.3 is 4.18 Å². The standard InChI is InChI=1S/C24H41ClOS/c1-2-3-4-5-6-7-8-9-10-11-12-13-14-15-16-17-22-26-27-24-20-18-23(25)19-21-24/h18-21H,2-17,22H2,1H3. The molecule has 1 rings (SSSR count). The highest BCUT2D eigenvalue weighted by atomic mass is 35.5. The van der Waals surface area contributed by atoms with Crippen molar-refractivity contribution in [1.29, 1.82) is 0 Å². The summed E-state index contributed by atoms with van der Waals surface area (Å²) in [4.78, 5) is 1.12. The highest BCUT2D eigenvalue weighted by molar-refractivity contribution is 7.94. The van der Waals surface area contributed by atoms with Crippen LogP contribution >= 0.6 is 23.6 Å². The highest BCUT2D eigenvalue weighted by Crippen LogP contribution is 2.21. The molecule has 0 bridgehead atoms. The van der Waals surface area contributed by atoms with Crippen molar-refractivity contribution in [3.05, 3.63) is 29.3 Å². The van der Waals surface area contributed by atoms with E-state index in [1.54, 1.807) is 0 Å². The summed E-state index contributed by atoms with van der Waals surface area (Å²) in [6.45, 7) is 3.13. The van der Waals surface area contributed by atoms with E-state index in [-0.39, 0.29) is 0 Å². The van der Waals surface area contributed by atoms with Crippen molar-refractivity contribution in [2.24, 2.45) is 0 Å². The second-order valence-electron chi connectivity index (χ2n) is 7.66. The third-order valence-corrected chi connectivity index (χ3v) is 6.05. The first-order chi connectivity index (χ1) is 13.3. The van der Waals surface area contributed by atoms with Crippen molar-refractivity contribution in [3.8, 4) is 0 Å². The Morgan fingerprint density at radius 2 is 1.04 bits per heavy atom. The summed E-state index contributed by atoms with van der Waals surface area (Å²) in [5.41, 5.74) is 0. The number of hydrogen-bond acceptors (Lipinski definition) is 2. The lowest BCUT2D eigenvalue weighted by molar-refractivity contribution is 0.354. The van der Waals surface area contributed by atoms with Crippen molar-refractivity contribution < 1.29 is 4.18 Å². The Morgan fingerprint density at radius 1 is 0.630 bits per heavy atom. The normalized spacial score (nSPS) is 11.2. The van der Waals surface area contributed by atoms with Gasteiger partial charge in [0.05, 0.1) is 6.61 Å². The number of hydrogen-bond donors (Lipinski definition) is 0. The van der Waals surface area contributed by atoms with Crippen LogP contribution in [0.5, 0.6) is 0 Å². The molecule has 0 heterocycles. The van der Waals surface area contributed by atoms with Crippen LogP contribution in [0.25, 0.3) is 0 Å². The Morgan fingerprint density at radius 3 is 1.48 bits per heavy atom. The Kier molecular flexibility index (Phi) is 17.6. The van der Waals surface area contributed by atoms with Gasteiger partial charge in [-0.15, -0.1) is 0 Å². The molecule has 3 heteroatoms. The average Bonchev–Trinajstić information content (AvgIpc) is 2.68. The second kappa shape index (κ2) is 19.2. The molecule has 0 N–H and O–H groups in total. The summed E-state index contributed by atoms with van der Waals surface area (Å²) >= 11 is 7.33. The molecule has 156 valence electrons. The maximum absolute atomic E-state index is 5.87. The lowest BCUT2D eigenvalue weighted by atomic mass is 10.0. The van der Waals surface area contributed by atoms with E-state index >= 15 is 0 Å². The number of unbranched alkanes of at least 4 members (excludes halogenated alkanes) is 15. The van der Waals surface area contributed by atoms with Crippen LogP contribution in [0.2, 0.25) is 5.02 Å². The fourth-order valence-corrected chi connectivity index (χ4v) is 4.02. The zero-order valence-electron chi connectivity index (χ0n) is 17.5. The smallest absolute Gasteiger partial charge is 0.0618 e. The molecule has 0 aliphatic rings. The molecular weight excluding hydrogens is 372 g/mol. The largest absolute Gasteiger partial charge is 0.310 e. The molecular formula is C24H41ClOS. The Balaban J connectivity index is 1.71. The van der Waals surface area contributed by atoms with Gasteiger partial charge in [-0.1, -0.05) is 115 Å². The maximum atomic E-state index is 5.87. The highest BCUT2D eigenvalue weighted by Gasteiger charge is 1.97. The first-order valence-electron chi connectivity index (χ1n) is 11.4. The van der Waals surface area contributed by atoms with Crippen molar-refractivity contribution in [3.63, 3.8) is 0 Å². The molecule has 0 aliphatic heterocycles. The molecule has 0 fully saturated rings. The zero-order chi connectivity index (χ0) is 19.4. The predicted molar refractivity (Wildman–Crippen MR) is 123 cm³/mol. The fourth-order valence-electron chi connectivity index (χ4n) is 3.31. The van der Waals surface area contributed by atoms with Gasteiger partial charge in [-0.25, -0.2) is 0 Å². The van der Waals surface area contributed by atoms with Crippen molar-refractivity contribution >= 4 is 23.6 Å². The van der Waals surface area contributed by atoms with Gasteiger partial charge in [-0.2, -0.15) is 0 Å². The maximum Gasteiger partial charge on any atom is 0.0618 e. The van der Waals surface area contributed by atoms with Gasteiger partial charge in [0.25, 0.3) is 0 Å². The minimum atomic E-state index is 0.775. The molecule has 0 saturated heterocycles. The average molecular weight is 413 g/mol. The molecule has 0 unspecified atom stereocenters. The van der Waals surface area contributed by atoms with E-state index in [9.17, 15) is 0 Å². The molecule has 0 aromatic heterocycles. The van der Waals surface area contributed by atoms with Gasteiger partial charge >= 0.3 is 0 Å².